The maximum absolute atomic E-state index is 11.4. The topological polar surface area (TPSA) is 69.2 Å². The van der Waals surface area contributed by atoms with Crippen LogP contribution in [0.4, 0.5) is 0 Å². The van der Waals surface area contributed by atoms with Gasteiger partial charge in [-0.1, -0.05) is 30.3 Å². The van der Waals surface area contributed by atoms with Crippen molar-refractivity contribution < 1.29 is 14.7 Å². The molecule has 0 bridgehead atoms. The van der Waals surface area contributed by atoms with Crippen molar-refractivity contribution in [3.8, 4) is 0 Å². The van der Waals surface area contributed by atoms with Crippen LogP contribution in [0.5, 0.6) is 0 Å². The quantitative estimate of drug-likeness (QED) is 0.770. The Labute approximate surface area is 107 Å². The van der Waals surface area contributed by atoms with E-state index in [2.05, 4.69) is 5.32 Å². The molecule has 0 unspecified atom stereocenters. The van der Waals surface area contributed by atoms with Gasteiger partial charge in [0.1, 0.15) is 0 Å². The Kier molecular flexibility index (Phi) is 5.91. The third-order valence-corrected chi connectivity index (χ3v) is 2.67. The summed E-state index contributed by atoms with van der Waals surface area (Å²) < 4.78 is 0. The van der Waals surface area contributed by atoms with Gasteiger partial charge in [-0.05, 0) is 31.7 Å². The summed E-state index contributed by atoms with van der Waals surface area (Å²) in [6.45, 7) is 1.92. The first-order chi connectivity index (χ1) is 8.58. The van der Waals surface area contributed by atoms with Crippen molar-refractivity contribution >= 4 is 11.9 Å². The van der Waals surface area contributed by atoms with Crippen molar-refractivity contribution in [2.45, 2.75) is 38.6 Å². The molecule has 1 aromatic carbocycles. The summed E-state index contributed by atoms with van der Waals surface area (Å²) in [7, 11) is 0. The SMILES string of the molecule is C[C@H](CCc1ccccc1)NC(=O)CCC(=O)[O-]. The average Bonchev–Trinajstić information content (AvgIpc) is 2.35. The predicted octanol–water partition coefficient (Wildman–Crippen LogP) is 0.654. The largest absolute Gasteiger partial charge is 0.550 e. The van der Waals surface area contributed by atoms with Gasteiger partial charge in [0.25, 0.3) is 0 Å². The van der Waals surface area contributed by atoms with Crippen molar-refractivity contribution in [1.82, 2.24) is 5.32 Å². The second-order valence-corrected chi connectivity index (χ2v) is 4.36. The molecule has 1 atom stereocenters. The molecule has 0 heterocycles. The van der Waals surface area contributed by atoms with Gasteiger partial charge in [0.15, 0.2) is 0 Å². The minimum Gasteiger partial charge on any atom is -0.550 e. The molecule has 0 aliphatic heterocycles. The van der Waals surface area contributed by atoms with Gasteiger partial charge in [-0.3, -0.25) is 4.79 Å². The molecular formula is C14H18NO3-. The lowest BCUT2D eigenvalue weighted by molar-refractivity contribution is -0.305. The third kappa shape index (κ3) is 6.03. The normalized spacial score (nSPS) is 11.8. The zero-order valence-corrected chi connectivity index (χ0v) is 10.5. The molecule has 1 aromatic rings. The van der Waals surface area contributed by atoms with Crippen LogP contribution in [0.2, 0.25) is 0 Å². The Hall–Kier alpha value is -1.84. The predicted molar refractivity (Wildman–Crippen MR) is 66.6 cm³/mol. The highest BCUT2D eigenvalue weighted by molar-refractivity contribution is 5.80. The Morgan fingerprint density at radius 3 is 2.50 bits per heavy atom. The molecule has 1 amide bonds. The average molecular weight is 248 g/mol. The van der Waals surface area contributed by atoms with Gasteiger partial charge in [-0.25, -0.2) is 0 Å². The van der Waals surface area contributed by atoms with Crippen LogP contribution in [-0.4, -0.2) is 17.9 Å². The fraction of sp³-hybridized carbons (Fsp3) is 0.429. The summed E-state index contributed by atoms with van der Waals surface area (Å²) >= 11 is 0. The zero-order valence-electron chi connectivity index (χ0n) is 10.5. The standard InChI is InChI=1S/C14H19NO3/c1-11(15-13(16)9-10-14(17)18)7-8-12-5-3-2-4-6-12/h2-6,11H,7-10H2,1H3,(H,15,16)(H,17,18)/p-1/t11-/m1/s1. The lowest BCUT2D eigenvalue weighted by Crippen LogP contribution is -2.34. The molecule has 0 saturated heterocycles. The summed E-state index contributed by atoms with van der Waals surface area (Å²) in [5.41, 5.74) is 1.23. The molecule has 98 valence electrons. The van der Waals surface area contributed by atoms with E-state index in [4.69, 9.17) is 0 Å². The monoisotopic (exact) mass is 248 g/mol. The van der Waals surface area contributed by atoms with Crippen LogP contribution in [0.1, 0.15) is 31.7 Å². The number of aryl methyl sites for hydroxylation is 1. The fourth-order valence-electron chi connectivity index (χ4n) is 1.66. The van der Waals surface area contributed by atoms with Crippen LogP contribution in [0.15, 0.2) is 30.3 Å². The number of rotatable bonds is 7. The first-order valence-electron chi connectivity index (χ1n) is 6.11. The summed E-state index contributed by atoms with van der Waals surface area (Å²) in [5, 5.41) is 13.0. The summed E-state index contributed by atoms with van der Waals surface area (Å²) in [5.74, 6) is -1.43. The van der Waals surface area contributed by atoms with Gasteiger partial charge >= 0.3 is 0 Å². The molecule has 0 fully saturated rings. The van der Waals surface area contributed by atoms with Crippen molar-refractivity contribution in [1.29, 1.82) is 0 Å². The van der Waals surface area contributed by atoms with E-state index in [0.29, 0.717) is 0 Å². The molecule has 0 radical (unpaired) electrons. The fourth-order valence-corrected chi connectivity index (χ4v) is 1.66. The molecule has 0 aromatic heterocycles. The van der Waals surface area contributed by atoms with Crippen LogP contribution in [0.3, 0.4) is 0 Å². The number of hydrogen-bond acceptors (Lipinski definition) is 3. The number of aliphatic carboxylic acids is 1. The van der Waals surface area contributed by atoms with E-state index in [1.165, 1.54) is 5.56 Å². The van der Waals surface area contributed by atoms with Gasteiger partial charge in [-0.2, -0.15) is 0 Å². The number of carbonyl (C=O) groups excluding carboxylic acids is 2. The number of hydrogen-bond donors (Lipinski definition) is 1. The number of amides is 1. The van der Waals surface area contributed by atoms with Crippen molar-refractivity contribution in [3.63, 3.8) is 0 Å². The molecule has 4 nitrogen and oxygen atoms in total. The Morgan fingerprint density at radius 2 is 1.89 bits per heavy atom. The molecular weight excluding hydrogens is 230 g/mol. The van der Waals surface area contributed by atoms with Gasteiger partial charge < -0.3 is 15.2 Å². The van der Waals surface area contributed by atoms with E-state index in [0.717, 1.165) is 12.8 Å². The first-order valence-corrected chi connectivity index (χ1v) is 6.11. The van der Waals surface area contributed by atoms with Gasteiger partial charge in [0.05, 0.1) is 0 Å². The molecule has 0 aliphatic carbocycles. The molecule has 18 heavy (non-hydrogen) atoms. The van der Waals surface area contributed by atoms with E-state index in [1.54, 1.807) is 0 Å². The lowest BCUT2D eigenvalue weighted by Gasteiger charge is -2.14. The Balaban J connectivity index is 2.23. The molecule has 0 aliphatic rings. The number of nitrogens with one attached hydrogen (secondary N) is 1. The first kappa shape index (κ1) is 14.2. The van der Waals surface area contributed by atoms with Crippen molar-refractivity contribution in [2.24, 2.45) is 0 Å². The van der Waals surface area contributed by atoms with Crippen LogP contribution in [0.25, 0.3) is 0 Å². The summed E-state index contributed by atoms with van der Waals surface area (Å²) in [6, 6.07) is 10.1. The minimum absolute atomic E-state index is 0.0159. The van der Waals surface area contributed by atoms with Crippen molar-refractivity contribution in [3.05, 3.63) is 35.9 Å². The van der Waals surface area contributed by atoms with E-state index >= 15 is 0 Å². The van der Waals surface area contributed by atoms with Crippen LogP contribution >= 0.6 is 0 Å². The van der Waals surface area contributed by atoms with Gasteiger partial charge in [0, 0.05) is 18.4 Å². The van der Waals surface area contributed by atoms with E-state index in [-0.39, 0.29) is 24.8 Å². The zero-order chi connectivity index (χ0) is 13.4. The molecule has 1 N–H and O–H groups in total. The minimum atomic E-state index is -1.19. The Morgan fingerprint density at radius 1 is 1.22 bits per heavy atom. The molecule has 1 rings (SSSR count). The molecule has 4 heteroatoms. The third-order valence-electron chi connectivity index (χ3n) is 2.67. The number of carbonyl (C=O) groups is 2. The Bertz CT molecular complexity index is 389. The summed E-state index contributed by atoms with van der Waals surface area (Å²) in [6.07, 6.45) is 1.49. The highest BCUT2D eigenvalue weighted by atomic mass is 16.4. The van der Waals surface area contributed by atoms with E-state index in [9.17, 15) is 14.7 Å². The second-order valence-electron chi connectivity index (χ2n) is 4.36. The maximum Gasteiger partial charge on any atom is 0.220 e. The van der Waals surface area contributed by atoms with Crippen molar-refractivity contribution in [2.75, 3.05) is 0 Å². The van der Waals surface area contributed by atoms with Crippen LogP contribution in [0, 0.1) is 0 Å². The summed E-state index contributed by atoms with van der Waals surface area (Å²) in [4.78, 5) is 21.6. The van der Waals surface area contributed by atoms with Gasteiger partial charge in [-0.15, -0.1) is 0 Å². The lowest BCUT2D eigenvalue weighted by atomic mass is 10.1. The second kappa shape index (κ2) is 7.48. The molecule has 0 spiro atoms. The smallest absolute Gasteiger partial charge is 0.220 e. The van der Waals surface area contributed by atoms with E-state index in [1.807, 2.05) is 37.3 Å². The van der Waals surface area contributed by atoms with Gasteiger partial charge in [0.2, 0.25) is 5.91 Å². The highest BCUT2D eigenvalue weighted by Gasteiger charge is 2.07. The van der Waals surface area contributed by atoms with Crippen LogP contribution < -0.4 is 10.4 Å². The van der Waals surface area contributed by atoms with Crippen LogP contribution in [-0.2, 0) is 16.0 Å². The number of carboxylic acid groups (broad SMARTS) is 1. The number of carboxylic acids is 1. The number of benzene rings is 1. The molecule has 0 saturated carbocycles. The maximum atomic E-state index is 11.4. The highest BCUT2D eigenvalue weighted by Crippen LogP contribution is 2.05. The van der Waals surface area contributed by atoms with E-state index < -0.39 is 5.97 Å².